The molecule has 10 heteroatoms. The zero-order valence-corrected chi connectivity index (χ0v) is 20.8. The second-order valence-electron chi connectivity index (χ2n) is 8.25. The normalized spacial score (nSPS) is 12.3. The summed E-state index contributed by atoms with van der Waals surface area (Å²) in [6.45, 7) is 3.77. The molecule has 0 spiro atoms. The number of carboxylic acid groups (broad SMARTS) is 4. The number of carboxylic acids is 4. The van der Waals surface area contributed by atoms with E-state index in [4.69, 9.17) is 25.2 Å². The SMILES string of the molecule is CC(C)CC(=O)O.COc1ccc(C(=O)O)cc1.O=C(O)C1CCCCC1.O=C(O)c1cccnc1. The third-order valence-corrected chi connectivity index (χ3v) is 4.78. The van der Waals surface area contributed by atoms with Gasteiger partial charge in [-0.3, -0.25) is 14.6 Å². The highest BCUT2D eigenvalue weighted by Crippen LogP contribution is 2.23. The molecule has 0 bridgehead atoms. The summed E-state index contributed by atoms with van der Waals surface area (Å²) in [7, 11) is 1.54. The molecule has 1 saturated carbocycles. The molecule has 0 amide bonds. The first kappa shape index (κ1) is 32.0. The molecule has 36 heavy (non-hydrogen) atoms. The average Bonchev–Trinajstić information content (AvgIpc) is 2.85. The van der Waals surface area contributed by atoms with Crippen LogP contribution in [0.15, 0.2) is 48.8 Å². The van der Waals surface area contributed by atoms with Gasteiger partial charge in [0.15, 0.2) is 0 Å². The highest BCUT2D eigenvalue weighted by Gasteiger charge is 2.19. The lowest BCUT2D eigenvalue weighted by atomic mass is 9.90. The average molecular weight is 506 g/mol. The van der Waals surface area contributed by atoms with E-state index in [1.54, 1.807) is 18.2 Å². The molecule has 0 saturated heterocycles. The molecular weight excluding hydrogens is 470 g/mol. The molecule has 1 aromatic heterocycles. The number of ether oxygens (including phenoxy) is 1. The van der Waals surface area contributed by atoms with Crippen LogP contribution < -0.4 is 4.74 Å². The summed E-state index contributed by atoms with van der Waals surface area (Å²) in [5.74, 6) is -2.27. The molecule has 0 radical (unpaired) electrons. The number of aliphatic carboxylic acids is 2. The Morgan fingerprint density at radius 2 is 1.44 bits per heavy atom. The molecule has 198 valence electrons. The minimum Gasteiger partial charge on any atom is -0.497 e. The third kappa shape index (κ3) is 15.8. The Morgan fingerprint density at radius 3 is 1.72 bits per heavy atom. The number of aromatic carboxylic acids is 2. The van der Waals surface area contributed by atoms with Crippen LogP contribution in [0.25, 0.3) is 0 Å². The molecule has 0 aliphatic heterocycles. The lowest BCUT2D eigenvalue weighted by Crippen LogP contribution is -2.16. The van der Waals surface area contributed by atoms with Crippen molar-refractivity contribution in [3.05, 3.63) is 59.9 Å². The monoisotopic (exact) mass is 505 g/mol. The van der Waals surface area contributed by atoms with Crippen molar-refractivity contribution >= 4 is 23.9 Å². The topological polar surface area (TPSA) is 171 Å². The van der Waals surface area contributed by atoms with Gasteiger partial charge in [0.2, 0.25) is 0 Å². The fraction of sp³-hybridized carbons (Fsp3) is 0.423. The van der Waals surface area contributed by atoms with Crippen LogP contribution in [0.2, 0.25) is 0 Å². The van der Waals surface area contributed by atoms with Crippen LogP contribution in [0.3, 0.4) is 0 Å². The zero-order chi connectivity index (χ0) is 27.5. The summed E-state index contributed by atoms with van der Waals surface area (Å²) >= 11 is 0. The van der Waals surface area contributed by atoms with Crippen LogP contribution in [0.5, 0.6) is 5.75 Å². The van der Waals surface area contributed by atoms with Crippen molar-refractivity contribution in [2.24, 2.45) is 11.8 Å². The van der Waals surface area contributed by atoms with Crippen molar-refractivity contribution in [3.8, 4) is 5.75 Å². The van der Waals surface area contributed by atoms with Crippen molar-refractivity contribution in [2.75, 3.05) is 7.11 Å². The Bertz CT molecular complexity index is 922. The summed E-state index contributed by atoms with van der Waals surface area (Å²) in [4.78, 5) is 44.3. The first-order chi connectivity index (χ1) is 17.0. The number of hydrogen-bond acceptors (Lipinski definition) is 6. The molecule has 1 heterocycles. The molecule has 0 unspecified atom stereocenters. The number of carbonyl (C=O) groups is 4. The second-order valence-corrected chi connectivity index (χ2v) is 8.25. The quantitative estimate of drug-likeness (QED) is 0.421. The first-order valence-corrected chi connectivity index (χ1v) is 11.4. The number of nitrogens with zero attached hydrogens (tertiary/aromatic N) is 1. The second kappa shape index (κ2) is 18.4. The lowest BCUT2D eigenvalue weighted by molar-refractivity contribution is -0.142. The molecule has 1 aromatic carbocycles. The highest BCUT2D eigenvalue weighted by molar-refractivity contribution is 5.87. The van der Waals surface area contributed by atoms with Gasteiger partial charge in [-0.25, -0.2) is 9.59 Å². The van der Waals surface area contributed by atoms with Crippen molar-refractivity contribution in [1.29, 1.82) is 0 Å². The van der Waals surface area contributed by atoms with E-state index in [2.05, 4.69) is 4.98 Å². The van der Waals surface area contributed by atoms with E-state index in [0.29, 0.717) is 5.75 Å². The molecule has 1 aliphatic rings. The van der Waals surface area contributed by atoms with Gasteiger partial charge in [0.1, 0.15) is 5.75 Å². The molecule has 3 rings (SSSR count). The Hall–Kier alpha value is -3.95. The summed E-state index contributed by atoms with van der Waals surface area (Å²) < 4.78 is 4.86. The molecule has 4 N–H and O–H groups in total. The minimum atomic E-state index is -0.942. The van der Waals surface area contributed by atoms with Crippen LogP contribution in [-0.4, -0.2) is 56.4 Å². The van der Waals surface area contributed by atoms with E-state index >= 15 is 0 Å². The predicted octanol–water partition coefficient (Wildman–Crippen LogP) is 4.94. The van der Waals surface area contributed by atoms with E-state index in [1.807, 2.05) is 13.8 Å². The molecule has 1 aliphatic carbocycles. The minimum absolute atomic E-state index is 0.0289. The fourth-order valence-corrected chi connectivity index (χ4v) is 2.92. The van der Waals surface area contributed by atoms with Gasteiger partial charge < -0.3 is 25.2 Å². The maximum Gasteiger partial charge on any atom is 0.337 e. The summed E-state index contributed by atoms with van der Waals surface area (Å²) in [6, 6.07) is 9.31. The van der Waals surface area contributed by atoms with Gasteiger partial charge in [-0.15, -0.1) is 0 Å². The number of pyridine rings is 1. The van der Waals surface area contributed by atoms with Gasteiger partial charge in [-0.1, -0.05) is 33.1 Å². The van der Waals surface area contributed by atoms with Gasteiger partial charge in [-0.05, 0) is 55.2 Å². The first-order valence-electron chi connectivity index (χ1n) is 11.4. The van der Waals surface area contributed by atoms with Gasteiger partial charge in [0.05, 0.1) is 24.2 Å². The summed E-state index contributed by atoms with van der Waals surface area (Å²) in [5.41, 5.74) is 0.489. The fourth-order valence-electron chi connectivity index (χ4n) is 2.92. The van der Waals surface area contributed by atoms with Crippen LogP contribution >= 0.6 is 0 Å². The number of benzene rings is 1. The number of methoxy groups -OCH3 is 1. The van der Waals surface area contributed by atoms with Crippen molar-refractivity contribution in [1.82, 2.24) is 4.98 Å². The predicted molar refractivity (Wildman–Crippen MR) is 132 cm³/mol. The van der Waals surface area contributed by atoms with Gasteiger partial charge >= 0.3 is 23.9 Å². The maximum absolute atomic E-state index is 10.4. The van der Waals surface area contributed by atoms with Crippen LogP contribution in [0.1, 0.15) is 73.1 Å². The maximum atomic E-state index is 10.4. The van der Waals surface area contributed by atoms with Crippen molar-refractivity contribution in [2.45, 2.75) is 52.4 Å². The Morgan fingerprint density at radius 1 is 0.889 bits per heavy atom. The smallest absolute Gasteiger partial charge is 0.337 e. The van der Waals surface area contributed by atoms with Gasteiger partial charge in [0.25, 0.3) is 0 Å². The molecule has 10 nitrogen and oxygen atoms in total. The lowest BCUT2D eigenvalue weighted by Gasteiger charge is -2.16. The van der Waals surface area contributed by atoms with E-state index < -0.39 is 23.9 Å². The molecular formula is C26H35NO9. The van der Waals surface area contributed by atoms with Crippen molar-refractivity contribution < 1.29 is 44.3 Å². The van der Waals surface area contributed by atoms with Crippen LogP contribution in [0.4, 0.5) is 0 Å². The number of hydrogen-bond donors (Lipinski definition) is 4. The van der Waals surface area contributed by atoms with Crippen LogP contribution in [0, 0.1) is 11.8 Å². The third-order valence-electron chi connectivity index (χ3n) is 4.78. The van der Waals surface area contributed by atoms with Crippen LogP contribution in [-0.2, 0) is 9.59 Å². The standard InChI is InChI=1S/C8H8O3.C7H12O2.C6H5NO2.C5H10O2/c1-11-7-4-2-6(3-5-7)8(9)10;8-7(9)6-4-2-1-3-5-6;8-6(9)5-2-1-3-7-4-5;1-4(2)3-5(6)7/h2-5H,1H3,(H,9,10);6H,1-5H2,(H,8,9);1-4H,(H,8,9);4H,3H2,1-2H3,(H,6,7). The van der Waals surface area contributed by atoms with Crippen molar-refractivity contribution in [3.63, 3.8) is 0 Å². The summed E-state index contributed by atoms with van der Waals surface area (Å²) in [5, 5.41) is 33.5. The molecule has 2 aromatic rings. The van der Waals surface area contributed by atoms with Gasteiger partial charge in [-0.2, -0.15) is 0 Å². The van der Waals surface area contributed by atoms with E-state index in [-0.39, 0.29) is 29.4 Å². The largest absolute Gasteiger partial charge is 0.497 e. The van der Waals surface area contributed by atoms with Gasteiger partial charge in [0, 0.05) is 18.8 Å². The van der Waals surface area contributed by atoms with E-state index in [9.17, 15) is 19.2 Å². The zero-order valence-electron chi connectivity index (χ0n) is 20.8. The Labute approximate surface area is 210 Å². The summed E-state index contributed by atoms with van der Waals surface area (Å²) in [6.07, 6.45) is 8.36. The number of aromatic nitrogens is 1. The Balaban J connectivity index is 0.000000460. The van der Waals surface area contributed by atoms with E-state index in [0.717, 1.165) is 25.7 Å². The number of rotatable bonds is 6. The van der Waals surface area contributed by atoms with E-state index in [1.165, 1.54) is 44.1 Å². The Kier molecular flexibility index (Phi) is 16.4. The molecule has 1 fully saturated rings. The highest BCUT2D eigenvalue weighted by atomic mass is 16.5. The molecule has 0 atom stereocenters.